The quantitative estimate of drug-likeness (QED) is 0.620. The van der Waals surface area contributed by atoms with Gasteiger partial charge >= 0.3 is 0 Å². The lowest BCUT2D eigenvalue weighted by Gasteiger charge is -2.28. The van der Waals surface area contributed by atoms with E-state index in [1.54, 1.807) is 0 Å². The van der Waals surface area contributed by atoms with Gasteiger partial charge in [0.2, 0.25) is 0 Å². The van der Waals surface area contributed by atoms with Crippen LogP contribution in [0.5, 0.6) is 0 Å². The van der Waals surface area contributed by atoms with Crippen molar-refractivity contribution in [3.05, 3.63) is 89.1 Å². The highest BCUT2D eigenvalue weighted by Gasteiger charge is 2.22. The Morgan fingerprint density at radius 1 is 1.04 bits per heavy atom. The molecule has 1 aromatic heterocycles. The highest BCUT2D eigenvalue weighted by atomic mass is 15.0. The monoisotopic (exact) mass is 358 g/mol. The molecule has 27 heavy (non-hydrogen) atoms. The van der Waals surface area contributed by atoms with Crippen molar-refractivity contribution in [1.82, 2.24) is 10.3 Å². The predicted molar refractivity (Wildman–Crippen MR) is 112 cm³/mol. The molecule has 3 N–H and O–H groups in total. The van der Waals surface area contributed by atoms with E-state index < -0.39 is 0 Å². The van der Waals surface area contributed by atoms with Gasteiger partial charge in [-0.15, -0.1) is 0 Å². The normalized spacial score (nSPS) is 17.0. The van der Waals surface area contributed by atoms with Gasteiger partial charge in [0.15, 0.2) is 0 Å². The number of nitrogens with zero attached hydrogens (tertiary/aromatic N) is 1. The molecule has 2 aromatic carbocycles. The minimum Gasteiger partial charge on any atom is -0.388 e. The van der Waals surface area contributed by atoms with Gasteiger partial charge in [-0.2, -0.15) is 0 Å². The maximum Gasteiger partial charge on any atom is 0.128 e. The summed E-state index contributed by atoms with van der Waals surface area (Å²) < 4.78 is 0. The maximum atomic E-state index is 4.69. The molecule has 1 unspecified atom stereocenters. The zero-order chi connectivity index (χ0) is 18.6. The number of nitrogens with one attached hydrogen (secondary N) is 3. The van der Waals surface area contributed by atoms with Crippen LogP contribution in [0.25, 0.3) is 0 Å². The molecule has 4 nitrogen and oxygen atoms in total. The van der Waals surface area contributed by atoms with Crippen LogP contribution in [-0.4, -0.2) is 12.0 Å². The lowest BCUT2D eigenvalue weighted by atomic mass is 9.92. The largest absolute Gasteiger partial charge is 0.388 e. The van der Waals surface area contributed by atoms with E-state index in [0.717, 1.165) is 24.5 Å². The van der Waals surface area contributed by atoms with Gasteiger partial charge in [0.1, 0.15) is 5.82 Å². The number of rotatable bonds is 5. The van der Waals surface area contributed by atoms with Crippen molar-refractivity contribution >= 4 is 11.5 Å². The first-order valence-corrected chi connectivity index (χ1v) is 9.54. The molecule has 138 valence electrons. The first kappa shape index (κ1) is 17.6. The molecule has 4 heteroatoms. The Labute approximate surface area is 161 Å². The van der Waals surface area contributed by atoms with Gasteiger partial charge in [-0.25, -0.2) is 4.98 Å². The van der Waals surface area contributed by atoms with Crippen molar-refractivity contribution in [1.29, 1.82) is 0 Å². The Balaban J connectivity index is 1.54. The predicted octanol–water partition coefficient (Wildman–Crippen LogP) is 4.68. The Hall–Kier alpha value is -2.85. The fourth-order valence-corrected chi connectivity index (χ4v) is 3.76. The summed E-state index contributed by atoms with van der Waals surface area (Å²) in [5.41, 5.74) is 6.39. The Morgan fingerprint density at radius 2 is 1.78 bits per heavy atom. The van der Waals surface area contributed by atoms with E-state index in [2.05, 4.69) is 77.5 Å². The summed E-state index contributed by atoms with van der Waals surface area (Å²) >= 11 is 0. The molecule has 2 heterocycles. The third kappa shape index (κ3) is 3.81. The molecule has 0 saturated carbocycles. The molecule has 0 radical (unpaired) electrons. The van der Waals surface area contributed by atoms with Crippen molar-refractivity contribution in [2.45, 2.75) is 32.0 Å². The van der Waals surface area contributed by atoms with Gasteiger partial charge in [-0.05, 0) is 30.0 Å². The lowest BCUT2D eigenvalue weighted by molar-refractivity contribution is 0.499. The van der Waals surface area contributed by atoms with Crippen molar-refractivity contribution in [3.8, 4) is 0 Å². The van der Waals surface area contributed by atoms with E-state index in [1.165, 1.54) is 22.3 Å². The van der Waals surface area contributed by atoms with Crippen LogP contribution in [0.2, 0.25) is 0 Å². The number of pyridine rings is 1. The Bertz CT molecular complexity index is 907. The fraction of sp³-hybridized carbons (Fsp3) is 0.261. The lowest BCUT2D eigenvalue weighted by Crippen LogP contribution is -2.29. The van der Waals surface area contributed by atoms with E-state index in [9.17, 15) is 0 Å². The summed E-state index contributed by atoms with van der Waals surface area (Å²) in [4.78, 5) is 4.69. The molecule has 0 amide bonds. The molecule has 3 aromatic rings. The average Bonchev–Trinajstić information content (AvgIpc) is 2.74. The van der Waals surface area contributed by atoms with Crippen LogP contribution in [0.15, 0.2) is 66.9 Å². The number of anilines is 2. The first-order valence-electron chi connectivity index (χ1n) is 9.54. The van der Waals surface area contributed by atoms with Crippen LogP contribution in [0.1, 0.15) is 41.3 Å². The zero-order valence-corrected chi connectivity index (χ0v) is 15.9. The fourth-order valence-electron chi connectivity index (χ4n) is 3.76. The molecular weight excluding hydrogens is 332 g/mol. The van der Waals surface area contributed by atoms with E-state index in [1.807, 2.05) is 19.3 Å². The van der Waals surface area contributed by atoms with Crippen molar-refractivity contribution in [2.75, 3.05) is 17.7 Å². The average molecular weight is 358 g/mol. The summed E-state index contributed by atoms with van der Waals surface area (Å²) in [7, 11) is 1.97. The van der Waals surface area contributed by atoms with Crippen LogP contribution in [0.3, 0.4) is 0 Å². The molecular formula is C23H26N4. The second kappa shape index (κ2) is 7.80. The molecule has 0 bridgehead atoms. The highest BCUT2D eigenvalue weighted by Crippen LogP contribution is 2.31. The smallest absolute Gasteiger partial charge is 0.128 e. The molecule has 1 aliphatic heterocycles. The van der Waals surface area contributed by atoms with Crippen LogP contribution >= 0.6 is 0 Å². The van der Waals surface area contributed by atoms with E-state index in [4.69, 9.17) is 4.98 Å². The van der Waals surface area contributed by atoms with E-state index in [-0.39, 0.29) is 12.1 Å². The number of hydrogen-bond acceptors (Lipinski definition) is 4. The Morgan fingerprint density at radius 3 is 2.56 bits per heavy atom. The van der Waals surface area contributed by atoms with Gasteiger partial charge in [-0.1, -0.05) is 54.6 Å². The van der Waals surface area contributed by atoms with Gasteiger partial charge < -0.3 is 16.0 Å². The molecule has 2 atom stereocenters. The summed E-state index contributed by atoms with van der Waals surface area (Å²) in [5.74, 6) is 0.885. The molecule has 4 rings (SSSR count). The van der Waals surface area contributed by atoms with Crippen molar-refractivity contribution in [3.63, 3.8) is 0 Å². The topological polar surface area (TPSA) is 49.0 Å². The SMILES string of the molecule is CNc1cc(N[C@@H](C)c2ccccc2)ncc1C1Cc2ccccc2CN1. The maximum absolute atomic E-state index is 4.69. The van der Waals surface area contributed by atoms with Crippen molar-refractivity contribution in [2.24, 2.45) is 0 Å². The summed E-state index contributed by atoms with van der Waals surface area (Å²) in [5, 5.41) is 10.5. The third-order valence-corrected chi connectivity index (χ3v) is 5.32. The summed E-state index contributed by atoms with van der Waals surface area (Å²) in [6.07, 6.45) is 2.98. The summed E-state index contributed by atoms with van der Waals surface area (Å²) in [6.45, 7) is 3.05. The van der Waals surface area contributed by atoms with Crippen molar-refractivity contribution < 1.29 is 0 Å². The van der Waals surface area contributed by atoms with Crippen LogP contribution < -0.4 is 16.0 Å². The zero-order valence-electron chi connectivity index (χ0n) is 15.9. The third-order valence-electron chi connectivity index (χ3n) is 5.32. The number of aromatic nitrogens is 1. The molecule has 1 aliphatic rings. The summed E-state index contributed by atoms with van der Waals surface area (Å²) in [6, 6.07) is 21.7. The van der Waals surface area contributed by atoms with E-state index in [0.29, 0.717) is 0 Å². The second-order valence-electron chi connectivity index (χ2n) is 7.09. The molecule has 0 saturated heterocycles. The number of hydrogen-bond donors (Lipinski definition) is 3. The van der Waals surface area contributed by atoms with Crippen LogP contribution in [0.4, 0.5) is 11.5 Å². The second-order valence-corrected chi connectivity index (χ2v) is 7.09. The standard InChI is InChI=1S/C23H26N4/c1-16(17-8-4-3-5-9-17)27-23-13-21(24-2)20(15-26-23)22-12-18-10-6-7-11-19(18)14-25-22/h3-11,13,15-16,22,25H,12,14H2,1-2H3,(H2,24,26,27)/t16-,22?/m0/s1. The number of fused-ring (bicyclic) bond motifs is 1. The highest BCUT2D eigenvalue weighted by molar-refractivity contribution is 5.59. The molecule has 0 fully saturated rings. The van der Waals surface area contributed by atoms with E-state index >= 15 is 0 Å². The number of benzene rings is 2. The molecule has 0 aliphatic carbocycles. The van der Waals surface area contributed by atoms with Gasteiger partial charge in [0.05, 0.1) is 0 Å². The first-order chi connectivity index (χ1) is 13.2. The van der Waals surface area contributed by atoms with Gasteiger partial charge in [0.25, 0.3) is 0 Å². The Kier molecular flexibility index (Phi) is 5.07. The molecule has 0 spiro atoms. The van der Waals surface area contributed by atoms with Gasteiger partial charge in [0, 0.05) is 49.2 Å². The van der Waals surface area contributed by atoms with Crippen LogP contribution in [0, 0.1) is 0 Å². The minimum absolute atomic E-state index is 0.203. The minimum atomic E-state index is 0.203. The van der Waals surface area contributed by atoms with Gasteiger partial charge in [-0.3, -0.25) is 0 Å². The van der Waals surface area contributed by atoms with Crippen LogP contribution in [-0.2, 0) is 13.0 Å².